The number of likely N-dealkylation sites (tertiary alicyclic amines) is 1. The van der Waals surface area contributed by atoms with Crippen molar-refractivity contribution < 1.29 is 18.4 Å². The first-order valence-electron chi connectivity index (χ1n) is 7.45. The van der Waals surface area contributed by atoms with Crippen LogP contribution in [0.2, 0.25) is 0 Å². The summed E-state index contributed by atoms with van der Waals surface area (Å²) in [5.41, 5.74) is 0.961. The molecule has 1 N–H and O–H groups in total. The van der Waals surface area contributed by atoms with Crippen LogP contribution in [0.3, 0.4) is 0 Å². The van der Waals surface area contributed by atoms with Crippen molar-refractivity contribution >= 4 is 11.8 Å². The van der Waals surface area contributed by atoms with Gasteiger partial charge >= 0.3 is 0 Å². The van der Waals surface area contributed by atoms with Crippen molar-refractivity contribution in [2.45, 2.75) is 6.54 Å². The van der Waals surface area contributed by atoms with Crippen molar-refractivity contribution in [3.63, 3.8) is 0 Å². The number of carbonyl (C=O) groups is 2. The van der Waals surface area contributed by atoms with Gasteiger partial charge in [-0.05, 0) is 29.8 Å². The Balaban J connectivity index is 1.50. The summed E-state index contributed by atoms with van der Waals surface area (Å²) >= 11 is 0. The molecule has 1 aliphatic heterocycles. The quantitative estimate of drug-likeness (QED) is 0.928. The number of amides is 2. The number of aromatic nitrogens is 1. The third-order valence-electron chi connectivity index (χ3n) is 3.90. The summed E-state index contributed by atoms with van der Waals surface area (Å²) in [6.07, 6.45) is 3.32. The first kappa shape index (κ1) is 16.0. The normalized spacial score (nSPS) is 14.2. The Labute approximate surface area is 137 Å². The maximum atomic E-state index is 13.2. The Morgan fingerprint density at radius 1 is 1.21 bits per heavy atom. The first-order chi connectivity index (χ1) is 11.5. The summed E-state index contributed by atoms with van der Waals surface area (Å²) in [5.74, 6) is -2.91. The van der Waals surface area contributed by atoms with Crippen LogP contribution in [0, 0.1) is 17.6 Å². The number of hydrogen-bond acceptors (Lipinski definition) is 3. The Bertz CT molecular complexity index is 762. The Kier molecular flexibility index (Phi) is 4.50. The molecule has 1 fully saturated rings. The molecule has 124 valence electrons. The van der Waals surface area contributed by atoms with E-state index < -0.39 is 17.5 Å². The molecule has 2 aromatic rings. The molecule has 0 aliphatic carbocycles. The topological polar surface area (TPSA) is 62.3 Å². The lowest BCUT2D eigenvalue weighted by Crippen LogP contribution is -2.55. The minimum atomic E-state index is -1.06. The predicted octanol–water partition coefficient (Wildman–Crippen LogP) is 1.75. The lowest BCUT2D eigenvalue weighted by Gasteiger charge is -2.38. The van der Waals surface area contributed by atoms with E-state index in [1.807, 2.05) is 6.07 Å². The largest absolute Gasteiger partial charge is 0.352 e. The van der Waals surface area contributed by atoms with E-state index in [0.29, 0.717) is 6.54 Å². The molecule has 1 saturated heterocycles. The summed E-state index contributed by atoms with van der Waals surface area (Å²) < 4.78 is 26.1. The van der Waals surface area contributed by atoms with Crippen LogP contribution in [-0.4, -0.2) is 34.8 Å². The highest BCUT2D eigenvalue weighted by atomic mass is 19.2. The van der Waals surface area contributed by atoms with E-state index in [1.54, 1.807) is 18.5 Å². The van der Waals surface area contributed by atoms with Gasteiger partial charge in [0.2, 0.25) is 5.91 Å². The zero-order chi connectivity index (χ0) is 17.1. The van der Waals surface area contributed by atoms with Gasteiger partial charge in [-0.15, -0.1) is 0 Å². The maximum Gasteiger partial charge on any atom is 0.254 e. The number of nitrogens with zero attached hydrogens (tertiary/aromatic N) is 2. The van der Waals surface area contributed by atoms with Crippen molar-refractivity contribution in [1.29, 1.82) is 0 Å². The van der Waals surface area contributed by atoms with Gasteiger partial charge in [-0.2, -0.15) is 0 Å². The molecule has 5 nitrogen and oxygen atoms in total. The number of halogens is 2. The fourth-order valence-electron chi connectivity index (χ4n) is 2.46. The summed E-state index contributed by atoms with van der Waals surface area (Å²) in [6.45, 7) is 0.897. The molecule has 0 radical (unpaired) electrons. The van der Waals surface area contributed by atoms with E-state index in [0.717, 1.165) is 17.7 Å². The molecule has 0 saturated carbocycles. The average molecular weight is 331 g/mol. The molecule has 0 unspecified atom stereocenters. The zero-order valence-corrected chi connectivity index (χ0v) is 12.7. The number of hydrogen-bond donors (Lipinski definition) is 1. The number of carbonyl (C=O) groups excluding carboxylic acids is 2. The molecule has 0 bridgehead atoms. The summed E-state index contributed by atoms with van der Waals surface area (Å²) in [7, 11) is 0. The van der Waals surface area contributed by atoms with Crippen LogP contribution in [0.25, 0.3) is 0 Å². The highest BCUT2D eigenvalue weighted by Crippen LogP contribution is 2.20. The van der Waals surface area contributed by atoms with Gasteiger partial charge in [0.15, 0.2) is 11.6 Å². The SMILES string of the molecule is O=C(NCc1cccnc1)C1CN(C(=O)c2ccc(F)c(F)c2)C1. The van der Waals surface area contributed by atoms with Gasteiger partial charge in [0.05, 0.1) is 5.92 Å². The smallest absolute Gasteiger partial charge is 0.254 e. The van der Waals surface area contributed by atoms with Crippen molar-refractivity contribution in [2.75, 3.05) is 13.1 Å². The zero-order valence-electron chi connectivity index (χ0n) is 12.7. The van der Waals surface area contributed by atoms with Gasteiger partial charge < -0.3 is 10.2 Å². The number of rotatable bonds is 4. The second-order valence-corrected chi connectivity index (χ2v) is 5.62. The summed E-state index contributed by atoms with van der Waals surface area (Å²) in [4.78, 5) is 29.6. The summed E-state index contributed by atoms with van der Waals surface area (Å²) in [6, 6.07) is 6.66. The first-order valence-corrected chi connectivity index (χ1v) is 7.45. The van der Waals surface area contributed by atoms with E-state index in [1.165, 1.54) is 11.0 Å². The molecular weight excluding hydrogens is 316 g/mol. The molecule has 1 aromatic carbocycles. The lowest BCUT2D eigenvalue weighted by atomic mass is 9.97. The monoisotopic (exact) mass is 331 g/mol. The molecule has 24 heavy (non-hydrogen) atoms. The molecule has 0 spiro atoms. The molecule has 0 atom stereocenters. The van der Waals surface area contributed by atoms with Gasteiger partial charge in [-0.3, -0.25) is 14.6 Å². The second-order valence-electron chi connectivity index (χ2n) is 5.62. The Morgan fingerprint density at radius 2 is 2.00 bits per heavy atom. The molecule has 7 heteroatoms. The number of benzene rings is 1. The van der Waals surface area contributed by atoms with Crippen LogP contribution >= 0.6 is 0 Å². The van der Waals surface area contributed by atoms with Crippen molar-refractivity contribution in [2.24, 2.45) is 5.92 Å². The highest BCUT2D eigenvalue weighted by Gasteiger charge is 2.36. The van der Waals surface area contributed by atoms with E-state index in [2.05, 4.69) is 10.3 Å². The molecule has 1 aromatic heterocycles. The maximum absolute atomic E-state index is 13.2. The van der Waals surface area contributed by atoms with Gasteiger partial charge in [0.25, 0.3) is 5.91 Å². The van der Waals surface area contributed by atoms with Crippen LogP contribution < -0.4 is 5.32 Å². The van der Waals surface area contributed by atoms with Crippen LogP contribution in [0.15, 0.2) is 42.7 Å². The van der Waals surface area contributed by atoms with Crippen LogP contribution in [0.5, 0.6) is 0 Å². The standard InChI is InChI=1S/C17H15F2N3O2/c18-14-4-3-12(6-15(14)19)17(24)22-9-13(10-22)16(23)21-8-11-2-1-5-20-7-11/h1-7,13H,8-10H2,(H,21,23). The van der Waals surface area contributed by atoms with Gasteiger partial charge in [0.1, 0.15) is 0 Å². The molecular formula is C17H15F2N3O2. The van der Waals surface area contributed by atoms with Crippen LogP contribution in [0.1, 0.15) is 15.9 Å². The van der Waals surface area contributed by atoms with Gasteiger partial charge in [-0.1, -0.05) is 6.07 Å². The predicted molar refractivity (Wildman–Crippen MR) is 81.8 cm³/mol. The van der Waals surface area contributed by atoms with Gasteiger partial charge in [-0.25, -0.2) is 8.78 Å². The molecule has 1 aliphatic rings. The molecule has 3 rings (SSSR count). The third-order valence-corrected chi connectivity index (χ3v) is 3.90. The van der Waals surface area contributed by atoms with Gasteiger partial charge in [0, 0.05) is 37.6 Å². The van der Waals surface area contributed by atoms with Crippen molar-refractivity contribution in [3.05, 3.63) is 65.5 Å². The lowest BCUT2D eigenvalue weighted by molar-refractivity contribution is -0.129. The van der Waals surface area contributed by atoms with E-state index in [9.17, 15) is 18.4 Å². The third kappa shape index (κ3) is 3.40. The number of pyridine rings is 1. The highest BCUT2D eigenvalue weighted by molar-refractivity contribution is 5.96. The van der Waals surface area contributed by atoms with E-state index in [4.69, 9.17) is 0 Å². The fourth-order valence-corrected chi connectivity index (χ4v) is 2.46. The van der Waals surface area contributed by atoms with Crippen molar-refractivity contribution in [1.82, 2.24) is 15.2 Å². The van der Waals surface area contributed by atoms with Crippen molar-refractivity contribution in [3.8, 4) is 0 Å². The Morgan fingerprint density at radius 3 is 2.67 bits per heavy atom. The van der Waals surface area contributed by atoms with Crippen LogP contribution in [0.4, 0.5) is 8.78 Å². The minimum absolute atomic E-state index is 0.0723. The minimum Gasteiger partial charge on any atom is -0.352 e. The van der Waals surface area contributed by atoms with Crippen LogP contribution in [-0.2, 0) is 11.3 Å². The second kappa shape index (κ2) is 6.74. The van der Waals surface area contributed by atoms with E-state index >= 15 is 0 Å². The van der Waals surface area contributed by atoms with E-state index in [-0.39, 0.29) is 30.5 Å². The molecule has 2 heterocycles. The Hall–Kier alpha value is -2.83. The summed E-state index contributed by atoms with van der Waals surface area (Å²) in [5, 5.41) is 2.79. The molecule has 2 amide bonds. The fraction of sp³-hybridized carbons (Fsp3) is 0.235. The number of nitrogens with one attached hydrogen (secondary N) is 1. The average Bonchev–Trinajstić information content (AvgIpc) is 2.55.